The summed E-state index contributed by atoms with van der Waals surface area (Å²) in [4.78, 5) is 13.1. The Morgan fingerprint density at radius 2 is 1.88 bits per heavy atom. The van der Waals surface area contributed by atoms with Crippen LogP contribution in [0.4, 0.5) is 13.2 Å². The SMILES string of the molecule is CSc1ccc(C(=O)NCc2cccc(OCC(F)(F)F)c2)cc1. The molecule has 0 radical (unpaired) electrons. The topological polar surface area (TPSA) is 38.3 Å². The molecule has 2 aromatic carbocycles. The van der Waals surface area contributed by atoms with E-state index < -0.39 is 12.8 Å². The average Bonchev–Trinajstić information content (AvgIpc) is 2.58. The lowest BCUT2D eigenvalue weighted by Gasteiger charge is -2.11. The third-order valence-corrected chi connectivity index (χ3v) is 3.85. The minimum atomic E-state index is -4.38. The number of carbonyl (C=O) groups is 1. The van der Waals surface area contributed by atoms with Gasteiger partial charge in [-0.2, -0.15) is 13.2 Å². The molecule has 128 valence electrons. The third kappa shape index (κ3) is 5.81. The Bertz CT molecular complexity index is 687. The molecule has 2 aromatic rings. The van der Waals surface area contributed by atoms with E-state index in [1.807, 2.05) is 18.4 Å². The summed E-state index contributed by atoms with van der Waals surface area (Å²) in [6, 6.07) is 13.4. The summed E-state index contributed by atoms with van der Waals surface area (Å²) in [6.07, 6.45) is -2.43. The molecule has 7 heteroatoms. The molecule has 1 amide bonds. The predicted octanol–water partition coefficient (Wildman–Crippen LogP) is 4.28. The summed E-state index contributed by atoms with van der Waals surface area (Å²) < 4.78 is 41.2. The molecular weight excluding hydrogens is 339 g/mol. The van der Waals surface area contributed by atoms with Gasteiger partial charge in [-0.05, 0) is 48.2 Å². The first-order valence-electron chi connectivity index (χ1n) is 7.08. The number of nitrogens with one attached hydrogen (secondary N) is 1. The fourth-order valence-electron chi connectivity index (χ4n) is 1.94. The fourth-order valence-corrected chi connectivity index (χ4v) is 2.35. The number of hydrogen-bond acceptors (Lipinski definition) is 3. The van der Waals surface area contributed by atoms with Crippen molar-refractivity contribution in [2.75, 3.05) is 12.9 Å². The first-order valence-corrected chi connectivity index (χ1v) is 8.30. The molecule has 0 fully saturated rings. The number of hydrogen-bond donors (Lipinski definition) is 1. The zero-order valence-electron chi connectivity index (χ0n) is 12.9. The molecule has 1 N–H and O–H groups in total. The van der Waals surface area contributed by atoms with Gasteiger partial charge in [0.05, 0.1) is 0 Å². The van der Waals surface area contributed by atoms with Crippen LogP contribution in [0.15, 0.2) is 53.4 Å². The number of carbonyl (C=O) groups excluding carboxylic acids is 1. The lowest BCUT2D eigenvalue weighted by molar-refractivity contribution is -0.153. The summed E-state index contributed by atoms with van der Waals surface area (Å²) >= 11 is 1.58. The van der Waals surface area contributed by atoms with Crippen molar-refractivity contribution in [1.82, 2.24) is 5.32 Å². The molecule has 0 unspecified atom stereocenters. The van der Waals surface area contributed by atoms with Gasteiger partial charge in [0.15, 0.2) is 6.61 Å². The van der Waals surface area contributed by atoms with Crippen molar-refractivity contribution in [3.63, 3.8) is 0 Å². The van der Waals surface area contributed by atoms with Crippen LogP contribution in [-0.4, -0.2) is 24.9 Å². The van der Waals surface area contributed by atoms with E-state index in [1.165, 1.54) is 12.1 Å². The molecule has 3 nitrogen and oxygen atoms in total. The van der Waals surface area contributed by atoms with Crippen LogP contribution in [0.25, 0.3) is 0 Å². The highest BCUT2D eigenvalue weighted by atomic mass is 32.2. The summed E-state index contributed by atoms with van der Waals surface area (Å²) in [5.41, 5.74) is 1.18. The molecule has 0 aliphatic heterocycles. The smallest absolute Gasteiger partial charge is 0.422 e. The van der Waals surface area contributed by atoms with Gasteiger partial charge in [-0.25, -0.2) is 0 Å². The fraction of sp³-hybridized carbons (Fsp3) is 0.235. The van der Waals surface area contributed by atoms with E-state index in [-0.39, 0.29) is 18.2 Å². The second-order valence-corrected chi connectivity index (χ2v) is 5.84. The molecular formula is C17H16F3NO2S. The van der Waals surface area contributed by atoms with E-state index in [2.05, 4.69) is 10.1 Å². The Labute approximate surface area is 142 Å². The Hall–Kier alpha value is -2.15. The van der Waals surface area contributed by atoms with Gasteiger partial charge in [-0.3, -0.25) is 4.79 Å². The highest BCUT2D eigenvalue weighted by Gasteiger charge is 2.28. The molecule has 0 bridgehead atoms. The molecule has 2 rings (SSSR count). The molecule has 0 saturated carbocycles. The summed E-state index contributed by atoms with van der Waals surface area (Å²) in [7, 11) is 0. The summed E-state index contributed by atoms with van der Waals surface area (Å²) in [5, 5.41) is 2.73. The van der Waals surface area contributed by atoms with Crippen molar-refractivity contribution in [2.45, 2.75) is 17.6 Å². The number of rotatable bonds is 6. The first-order chi connectivity index (χ1) is 11.4. The van der Waals surface area contributed by atoms with Gasteiger partial charge >= 0.3 is 6.18 Å². The number of amides is 1. The largest absolute Gasteiger partial charge is 0.484 e. The first kappa shape index (κ1) is 18.2. The number of ether oxygens (including phenoxy) is 1. The Morgan fingerprint density at radius 3 is 2.50 bits per heavy atom. The molecule has 0 aromatic heterocycles. The van der Waals surface area contributed by atoms with Crippen LogP contribution in [0.3, 0.4) is 0 Å². The van der Waals surface area contributed by atoms with Crippen LogP contribution >= 0.6 is 11.8 Å². The molecule has 0 spiro atoms. The Morgan fingerprint density at radius 1 is 1.17 bits per heavy atom. The van der Waals surface area contributed by atoms with Crippen LogP contribution in [-0.2, 0) is 6.54 Å². The standard InChI is InChI=1S/C17H16F3NO2S/c1-24-15-7-5-13(6-8-15)16(22)21-10-12-3-2-4-14(9-12)23-11-17(18,19)20/h2-9H,10-11H2,1H3,(H,21,22). The second kappa shape index (κ2) is 8.10. The van der Waals surface area contributed by atoms with E-state index in [0.29, 0.717) is 11.1 Å². The highest BCUT2D eigenvalue weighted by molar-refractivity contribution is 7.98. The number of halogens is 3. The van der Waals surface area contributed by atoms with Gasteiger partial charge < -0.3 is 10.1 Å². The van der Waals surface area contributed by atoms with E-state index in [4.69, 9.17) is 0 Å². The van der Waals surface area contributed by atoms with Crippen LogP contribution in [0.5, 0.6) is 5.75 Å². The van der Waals surface area contributed by atoms with Gasteiger partial charge in [-0.15, -0.1) is 11.8 Å². The quantitative estimate of drug-likeness (QED) is 0.786. The third-order valence-electron chi connectivity index (χ3n) is 3.11. The predicted molar refractivity (Wildman–Crippen MR) is 87.4 cm³/mol. The summed E-state index contributed by atoms with van der Waals surface area (Å²) in [6.45, 7) is -1.14. The lowest BCUT2D eigenvalue weighted by Crippen LogP contribution is -2.23. The molecule has 0 aliphatic carbocycles. The normalized spacial score (nSPS) is 11.2. The number of thioether (sulfide) groups is 1. The lowest BCUT2D eigenvalue weighted by atomic mass is 10.2. The van der Waals surface area contributed by atoms with Gasteiger partial charge in [0.2, 0.25) is 0 Å². The van der Waals surface area contributed by atoms with E-state index >= 15 is 0 Å². The van der Waals surface area contributed by atoms with E-state index in [9.17, 15) is 18.0 Å². The molecule has 0 aliphatic rings. The van der Waals surface area contributed by atoms with E-state index in [1.54, 1.807) is 36.0 Å². The van der Waals surface area contributed by atoms with Crippen LogP contribution in [0.2, 0.25) is 0 Å². The van der Waals surface area contributed by atoms with Gasteiger partial charge in [0.1, 0.15) is 5.75 Å². The number of alkyl halides is 3. The minimum Gasteiger partial charge on any atom is -0.484 e. The zero-order valence-corrected chi connectivity index (χ0v) is 13.7. The van der Waals surface area contributed by atoms with Gasteiger partial charge in [0, 0.05) is 17.0 Å². The van der Waals surface area contributed by atoms with Crippen LogP contribution < -0.4 is 10.1 Å². The monoisotopic (exact) mass is 355 g/mol. The molecule has 0 saturated heterocycles. The minimum absolute atomic E-state index is 0.114. The maximum Gasteiger partial charge on any atom is 0.422 e. The highest BCUT2D eigenvalue weighted by Crippen LogP contribution is 2.19. The Balaban J connectivity index is 1.92. The average molecular weight is 355 g/mol. The summed E-state index contributed by atoms with van der Waals surface area (Å²) in [5.74, 6) is -0.132. The van der Waals surface area contributed by atoms with Crippen molar-refractivity contribution in [2.24, 2.45) is 0 Å². The van der Waals surface area contributed by atoms with Crippen molar-refractivity contribution in [1.29, 1.82) is 0 Å². The van der Waals surface area contributed by atoms with E-state index in [0.717, 1.165) is 4.90 Å². The van der Waals surface area contributed by atoms with Crippen molar-refractivity contribution >= 4 is 17.7 Å². The van der Waals surface area contributed by atoms with Crippen LogP contribution in [0, 0.1) is 0 Å². The molecule has 24 heavy (non-hydrogen) atoms. The Kier molecular flexibility index (Phi) is 6.14. The van der Waals surface area contributed by atoms with Gasteiger partial charge in [0.25, 0.3) is 5.91 Å². The number of benzene rings is 2. The van der Waals surface area contributed by atoms with Crippen molar-refractivity contribution in [3.05, 3.63) is 59.7 Å². The van der Waals surface area contributed by atoms with Gasteiger partial charge in [-0.1, -0.05) is 12.1 Å². The van der Waals surface area contributed by atoms with Crippen LogP contribution in [0.1, 0.15) is 15.9 Å². The van der Waals surface area contributed by atoms with Crippen molar-refractivity contribution in [3.8, 4) is 5.75 Å². The molecule has 0 atom stereocenters. The maximum absolute atomic E-state index is 12.2. The van der Waals surface area contributed by atoms with Crippen molar-refractivity contribution < 1.29 is 22.7 Å². The second-order valence-electron chi connectivity index (χ2n) is 4.96. The maximum atomic E-state index is 12.2. The zero-order chi connectivity index (χ0) is 17.6. The molecule has 0 heterocycles.